The number of nitrogens with zero attached hydrogens (tertiary/aromatic N) is 2. The lowest BCUT2D eigenvalue weighted by atomic mass is 10.1. The van der Waals surface area contributed by atoms with Gasteiger partial charge in [-0.3, -0.25) is 4.79 Å². The van der Waals surface area contributed by atoms with Crippen LogP contribution in [-0.4, -0.2) is 37.7 Å². The van der Waals surface area contributed by atoms with Crippen LogP contribution in [0.15, 0.2) is 53.4 Å². The number of benzene rings is 2. The number of amides is 1. The third kappa shape index (κ3) is 6.91. The van der Waals surface area contributed by atoms with Crippen molar-refractivity contribution in [2.24, 2.45) is 0 Å². The summed E-state index contributed by atoms with van der Waals surface area (Å²) in [6.07, 6.45) is -5.19. The minimum atomic E-state index is -4.63. The molecule has 0 fully saturated rings. The fourth-order valence-corrected chi connectivity index (χ4v) is 3.83. The van der Waals surface area contributed by atoms with E-state index < -0.39 is 40.6 Å². The number of carbonyl (C=O) groups excluding carboxylic acids is 1. The fourth-order valence-electron chi connectivity index (χ4n) is 2.60. The molecule has 5 nitrogen and oxygen atoms in total. The van der Waals surface area contributed by atoms with E-state index in [9.17, 15) is 26.4 Å². The molecule has 0 N–H and O–H groups in total. The highest BCUT2D eigenvalue weighted by molar-refractivity contribution is 7.91. The molecule has 1 amide bonds. The molecular formula is C20H19F3N2O3S. The molecular weight excluding hydrogens is 405 g/mol. The molecule has 0 radical (unpaired) electrons. The lowest BCUT2D eigenvalue weighted by Gasteiger charge is -2.24. The van der Waals surface area contributed by atoms with Crippen LogP contribution < -0.4 is 0 Å². The first-order valence-electron chi connectivity index (χ1n) is 8.63. The third-order valence-electron chi connectivity index (χ3n) is 4.14. The van der Waals surface area contributed by atoms with E-state index in [2.05, 4.69) is 0 Å². The van der Waals surface area contributed by atoms with Gasteiger partial charge in [-0.25, -0.2) is 8.42 Å². The summed E-state index contributed by atoms with van der Waals surface area (Å²) in [6.45, 7) is -0.0386. The van der Waals surface area contributed by atoms with Crippen LogP contribution in [0.3, 0.4) is 0 Å². The number of halogens is 3. The molecule has 0 heterocycles. The lowest BCUT2D eigenvalue weighted by molar-refractivity contribution is -0.162. The number of alkyl halides is 3. The van der Waals surface area contributed by atoms with Crippen molar-refractivity contribution < 1.29 is 26.4 Å². The quantitative estimate of drug-likeness (QED) is 0.680. The molecule has 29 heavy (non-hydrogen) atoms. The predicted octanol–water partition coefficient (Wildman–Crippen LogP) is 3.62. The Morgan fingerprint density at radius 3 is 2.17 bits per heavy atom. The highest BCUT2D eigenvalue weighted by Gasteiger charge is 2.33. The van der Waals surface area contributed by atoms with Crippen molar-refractivity contribution in [2.45, 2.75) is 31.0 Å². The Bertz CT molecular complexity index is 993. The van der Waals surface area contributed by atoms with E-state index in [0.29, 0.717) is 16.0 Å². The molecule has 0 atom stereocenters. The van der Waals surface area contributed by atoms with Gasteiger partial charge in [-0.15, -0.1) is 0 Å². The van der Waals surface area contributed by atoms with E-state index in [0.717, 1.165) is 5.56 Å². The topological polar surface area (TPSA) is 78.2 Å². The first kappa shape index (κ1) is 22.4. The van der Waals surface area contributed by atoms with Crippen LogP contribution in [0.1, 0.15) is 23.1 Å². The van der Waals surface area contributed by atoms with Crippen molar-refractivity contribution in [1.82, 2.24) is 4.90 Å². The van der Waals surface area contributed by atoms with Crippen LogP contribution in [0.2, 0.25) is 0 Å². The number of nitriles is 1. The Labute approximate surface area is 167 Å². The van der Waals surface area contributed by atoms with Gasteiger partial charge >= 0.3 is 6.18 Å². The molecule has 0 unspecified atom stereocenters. The smallest absolute Gasteiger partial charge is 0.329 e. The second-order valence-electron chi connectivity index (χ2n) is 6.56. The summed E-state index contributed by atoms with van der Waals surface area (Å²) in [5.74, 6) is -1.50. The van der Waals surface area contributed by atoms with Crippen molar-refractivity contribution in [3.8, 4) is 6.07 Å². The number of rotatable bonds is 7. The third-order valence-corrected chi connectivity index (χ3v) is 5.88. The SMILES string of the molecule is Cc1ccc(S(=O)(=O)CCC(=O)N(Cc2ccc(C#N)cc2)CC(F)(F)F)cc1. The number of sulfone groups is 1. The van der Waals surface area contributed by atoms with Crippen LogP contribution in [0.4, 0.5) is 13.2 Å². The van der Waals surface area contributed by atoms with Gasteiger partial charge in [0.15, 0.2) is 9.84 Å². The zero-order chi connectivity index (χ0) is 21.7. The molecule has 9 heteroatoms. The van der Waals surface area contributed by atoms with Gasteiger partial charge < -0.3 is 4.90 Å². The summed E-state index contributed by atoms with van der Waals surface area (Å²) in [5.41, 5.74) is 1.61. The van der Waals surface area contributed by atoms with Crippen LogP contribution in [0, 0.1) is 18.3 Å². The summed E-state index contributed by atoms with van der Waals surface area (Å²) >= 11 is 0. The average Bonchev–Trinajstić information content (AvgIpc) is 2.65. The van der Waals surface area contributed by atoms with E-state index >= 15 is 0 Å². The van der Waals surface area contributed by atoms with E-state index in [1.807, 2.05) is 6.07 Å². The minimum absolute atomic E-state index is 0.0189. The van der Waals surface area contributed by atoms with Crippen molar-refractivity contribution >= 4 is 15.7 Å². The normalized spacial score (nSPS) is 11.7. The molecule has 2 aromatic carbocycles. The highest BCUT2D eigenvalue weighted by Crippen LogP contribution is 2.20. The Hall–Kier alpha value is -2.86. The largest absolute Gasteiger partial charge is 0.406 e. The number of hydrogen-bond acceptors (Lipinski definition) is 4. The van der Waals surface area contributed by atoms with Crippen LogP contribution >= 0.6 is 0 Å². The zero-order valence-corrected chi connectivity index (χ0v) is 16.4. The summed E-state index contributed by atoms with van der Waals surface area (Å²) in [4.78, 5) is 13.0. The highest BCUT2D eigenvalue weighted by atomic mass is 32.2. The van der Waals surface area contributed by atoms with Crippen LogP contribution in [0.5, 0.6) is 0 Å². The van der Waals surface area contributed by atoms with Crippen LogP contribution in [0.25, 0.3) is 0 Å². The van der Waals surface area contributed by atoms with Crippen molar-refractivity contribution in [1.29, 1.82) is 5.26 Å². The standard InChI is InChI=1S/C20H19F3N2O3S/c1-15-2-8-18(9-3-15)29(27,28)11-10-19(26)25(14-20(21,22)23)13-17-6-4-16(12-24)5-7-17/h2-9H,10-11,13-14H2,1H3. The first-order chi connectivity index (χ1) is 13.5. The molecule has 0 aromatic heterocycles. The maximum Gasteiger partial charge on any atom is 0.406 e. The summed E-state index contributed by atoms with van der Waals surface area (Å²) in [6, 6.07) is 13.7. The molecule has 0 saturated heterocycles. The molecule has 0 bridgehead atoms. The van der Waals surface area contributed by atoms with E-state index in [1.54, 1.807) is 19.1 Å². The molecule has 0 aliphatic heterocycles. The van der Waals surface area contributed by atoms with Gasteiger partial charge in [0.25, 0.3) is 0 Å². The molecule has 2 aromatic rings. The van der Waals surface area contributed by atoms with Gasteiger partial charge in [-0.1, -0.05) is 29.8 Å². The van der Waals surface area contributed by atoms with Crippen molar-refractivity contribution in [3.63, 3.8) is 0 Å². The monoisotopic (exact) mass is 424 g/mol. The Morgan fingerprint density at radius 1 is 1.07 bits per heavy atom. The fraction of sp³-hybridized carbons (Fsp3) is 0.300. The van der Waals surface area contributed by atoms with Gasteiger partial charge in [0, 0.05) is 13.0 Å². The zero-order valence-electron chi connectivity index (χ0n) is 15.6. The number of aryl methyl sites for hydroxylation is 1. The summed E-state index contributed by atoms with van der Waals surface area (Å²) < 4.78 is 63.4. The molecule has 0 aliphatic rings. The summed E-state index contributed by atoms with van der Waals surface area (Å²) in [5, 5.41) is 8.79. The van der Waals surface area contributed by atoms with E-state index in [-0.39, 0.29) is 11.4 Å². The Kier molecular flexibility index (Phi) is 7.03. The molecule has 154 valence electrons. The maximum atomic E-state index is 12.9. The average molecular weight is 424 g/mol. The van der Waals surface area contributed by atoms with Gasteiger partial charge in [0.05, 0.1) is 22.3 Å². The van der Waals surface area contributed by atoms with Crippen molar-refractivity contribution in [3.05, 3.63) is 65.2 Å². The van der Waals surface area contributed by atoms with Crippen molar-refractivity contribution in [2.75, 3.05) is 12.3 Å². The predicted molar refractivity (Wildman–Crippen MR) is 100 cm³/mol. The maximum absolute atomic E-state index is 12.9. The van der Waals surface area contributed by atoms with Gasteiger partial charge in [-0.2, -0.15) is 18.4 Å². The molecule has 0 aliphatic carbocycles. The van der Waals surface area contributed by atoms with Gasteiger partial charge in [0.1, 0.15) is 6.54 Å². The molecule has 0 saturated carbocycles. The minimum Gasteiger partial charge on any atom is -0.329 e. The number of hydrogen-bond donors (Lipinski definition) is 0. The Morgan fingerprint density at radius 2 is 1.66 bits per heavy atom. The molecule has 2 rings (SSSR count). The second kappa shape index (κ2) is 9.09. The summed E-state index contributed by atoms with van der Waals surface area (Å²) in [7, 11) is -3.80. The van der Waals surface area contributed by atoms with Crippen LogP contribution in [-0.2, 0) is 21.2 Å². The number of carbonyl (C=O) groups is 1. The van der Waals surface area contributed by atoms with Gasteiger partial charge in [-0.05, 0) is 36.8 Å². The second-order valence-corrected chi connectivity index (χ2v) is 8.66. The van der Waals surface area contributed by atoms with E-state index in [1.165, 1.54) is 36.4 Å². The van der Waals surface area contributed by atoms with E-state index in [4.69, 9.17) is 5.26 Å². The molecule has 0 spiro atoms. The van der Waals surface area contributed by atoms with Gasteiger partial charge in [0.2, 0.25) is 5.91 Å². The first-order valence-corrected chi connectivity index (χ1v) is 10.3. The Balaban J connectivity index is 2.12. The lowest BCUT2D eigenvalue weighted by Crippen LogP contribution is -2.39.